The van der Waals surface area contributed by atoms with Crippen LogP contribution in [0.2, 0.25) is 0 Å². The van der Waals surface area contributed by atoms with Gasteiger partial charge in [-0.1, -0.05) is 23.8 Å². The lowest BCUT2D eigenvalue weighted by atomic mass is 10.1. The van der Waals surface area contributed by atoms with Gasteiger partial charge in [-0.2, -0.15) is 0 Å². The monoisotopic (exact) mass is 290 g/mol. The van der Waals surface area contributed by atoms with Gasteiger partial charge in [0.2, 0.25) is 0 Å². The summed E-state index contributed by atoms with van der Waals surface area (Å²) in [5, 5.41) is 8.91. The number of aryl methyl sites for hydroxylation is 2. The highest BCUT2D eigenvalue weighted by Crippen LogP contribution is 2.27. The van der Waals surface area contributed by atoms with Crippen molar-refractivity contribution >= 4 is 17.7 Å². The maximum Gasteiger partial charge on any atom is 0.338 e. The molecule has 0 aromatic heterocycles. The lowest BCUT2D eigenvalue weighted by molar-refractivity contribution is 0.0692. The number of carboxylic acid groups (broad SMARTS) is 1. The number of aromatic carboxylic acids is 1. The van der Waals surface area contributed by atoms with Gasteiger partial charge in [-0.05, 0) is 43.2 Å². The second-order valence-electron chi connectivity index (χ2n) is 4.68. The van der Waals surface area contributed by atoms with Crippen molar-refractivity contribution in [1.29, 1.82) is 0 Å². The Labute approximate surface area is 121 Å². The SMILES string of the molecule is Cc1ccc(C)c(SCc2ccc(F)c(C(=O)O)c2)c1. The second kappa shape index (κ2) is 6.09. The van der Waals surface area contributed by atoms with E-state index in [1.807, 2.05) is 13.8 Å². The van der Waals surface area contributed by atoms with Crippen LogP contribution >= 0.6 is 11.8 Å². The topological polar surface area (TPSA) is 37.3 Å². The molecule has 2 aromatic carbocycles. The number of halogens is 1. The van der Waals surface area contributed by atoms with E-state index in [0.717, 1.165) is 10.5 Å². The molecule has 0 saturated heterocycles. The molecule has 0 radical (unpaired) electrons. The zero-order valence-corrected chi connectivity index (χ0v) is 12.1. The van der Waals surface area contributed by atoms with Crippen molar-refractivity contribution in [2.45, 2.75) is 24.5 Å². The fraction of sp³-hybridized carbons (Fsp3) is 0.188. The van der Waals surface area contributed by atoms with Crippen molar-refractivity contribution in [2.75, 3.05) is 0 Å². The minimum atomic E-state index is -1.24. The summed E-state index contributed by atoms with van der Waals surface area (Å²) >= 11 is 1.63. The molecule has 0 aliphatic carbocycles. The Morgan fingerprint density at radius 2 is 1.95 bits per heavy atom. The van der Waals surface area contributed by atoms with Crippen molar-refractivity contribution in [2.24, 2.45) is 0 Å². The van der Waals surface area contributed by atoms with E-state index < -0.39 is 11.8 Å². The summed E-state index contributed by atoms with van der Waals surface area (Å²) in [6, 6.07) is 10.4. The number of thioether (sulfide) groups is 1. The second-order valence-corrected chi connectivity index (χ2v) is 5.69. The molecular formula is C16H15FO2S. The summed E-state index contributed by atoms with van der Waals surface area (Å²) in [4.78, 5) is 12.1. The van der Waals surface area contributed by atoms with E-state index in [1.54, 1.807) is 17.8 Å². The summed E-state index contributed by atoms with van der Waals surface area (Å²) in [6.07, 6.45) is 0. The lowest BCUT2D eigenvalue weighted by Crippen LogP contribution is -2.01. The average molecular weight is 290 g/mol. The molecule has 0 bridgehead atoms. The molecule has 2 nitrogen and oxygen atoms in total. The smallest absolute Gasteiger partial charge is 0.338 e. The van der Waals surface area contributed by atoms with Crippen LogP contribution in [0.4, 0.5) is 4.39 Å². The molecule has 0 spiro atoms. The van der Waals surface area contributed by atoms with Gasteiger partial charge in [0.15, 0.2) is 0 Å². The Bertz CT molecular complexity index is 653. The first-order valence-electron chi connectivity index (χ1n) is 6.19. The van der Waals surface area contributed by atoms with E-state index in [-0.39, 0.29) is 5.56 Å². The molecule has 2 rings (SSSR count). The van der Waals surface area contributed by atoms with Crippen LogP contribution in [0.15, 0.2) is 41.3 Å². The Kier molecular flexibility index (Phi) is 4.45. The number of hydrogen-bond acceptors (Lipinski definition) is 2. The van der Waals surface area contributed by atoms with Gasteiger partial charge in [0.1, 0.15) is 5.82 Å². The van der Waals surface area contributed by atoms with Gasteiger partial charge in [0.05, 0.1) is 5.56 Å². The Morgan fingerprint density at radius 3 is 2.65 bits per heavy atom. The molecule has 20 heavy (non-hydrogen) atoms. The van der Waals surface area contributed by atoms with E-state index in [0.29, 0.717) is 5.75 Å². The van der Waals surface area contributed by atoms with Crippen LogP contribution < -0.4 is 0 Å². The van der Waals surface area contributed by atoms with Crippen molar-refractivity contribution in [1.82, 2.24) is 0 Å². The van der Waals surface area contributed by atoms with E-state index in [9.17, 15) is 9.18 Å². The van der Waals surface area contributed by atoms with Gasteiger partial charge in [-0.25, -0.2) is 9.18 Å². The standard InChI is InChI=1S/C16H15FO2S/c1-10-3-4-11(2)15(7-10)20-9-12-5-6-14(17)13(8-12)16(18)19/h3-8H,9H2,1-2H3,(H,18,19). The first-order valence-corrected chi connectivity index (χ1v) is 7.17. The molecule has 0 aliphatic heterocycles. The molecule has 104 valence electrons. The number of carboxylic acids is 1. The Morgan fingerprint density at radius 1 is 1.20 bits per heavy atom. The molecule has 0 aliphatic rings. The molecule has 0 saturated carbocycles. The van der Waals surface area contributed by atoms with Crippen LogP contribution in [-0.4, -0.2) is 11.1 Å². The van der Waals surface area contributed by atoms with Gasteiger partial charge in [-0.3, -0.25) is 0 Å². The maximum absolute atomic E-state index is 13.3. The van der Waals surface area contributed by atoms with Gasteiger partial charge in [0, 0.05) is 10.6 Å². The summed E-state index contributed by atoms with van der Waals surface area (Å²) in [5.41, 5.74) is 2.89. The van der Waals surface area contributed by atoms with Gasteiger partial charge >= 0.3 is 5.97 Å². The number of rotatable bonds is 4. The van der Waals surface area contributed by atoms with Gasteiger partial charge < -0.3 is 5.11 Å². The zero-order chi connectivity index (χ0) is 14.7. The highest BCUT2D eigenvalue weighted by Gasteiger charge is 2.11. The molecule has 0 unspecified atom stereocenters. The summed E-state index contributed by atoms with van der Waals surface area (Å²) < 4.78 is 13.3. The van der Waals surface area contributed by atoms with Crippen molar-refractivity contribution in [3.63, 3.8) is 0 Å². The summed E-state index contributed by atoms with van der Waals surface area (Å²) in [7, 11) is 0. The molecular weight excluding hydrogens is 275 g/mol. The molecule has 4 heteroatoms. The summed E-state index contributed by atoms with van der Waals surface area (Å²) in [5.74, 6) is -1.32. The third-order valence-corrected chi connectivity index (χ3v) is 4.23. The molecule has 2 aromatic rings. The van der Waals surface area contributed by atoms with Crippen molar-refractivity contribution in [3.05, 3.63) is 64.5 Å². The third kappa shape index (κ3) is 3.39. The zero-order valence-electron chi connectivity index (χ0n) is 11.3. The lowest BCUT2D eigenvalue weighted by Gasteiger charge is -2.08. The quantitative estimate of drug-likeness (QED) is 0.846. The van der Waals surface area contributed by atoms with Gasteiger partial charge in [-0.15, -0.1) is 11.8 Å². The average Bonchev–Trinajstić information content (AvgIpc) is 2.41. The van der Waals surface area contributed by atoms with Crippen LogP contribution in [0.1, 0.15) is 27.0 Å². The minimum absolute atomic E-state index is 0.274. The largest absolute Gasteiger partial charge is 0.478 e. The first kappa shape index (κ1) is 14.6. The molecule has 0 fully saturated rings. The Hall–Kier alpha value is -1.81. The highest BCUT2D eigenvalue weighted by molar-refractivity contribution is 7.98. The van der Waals surface area contributed by atoms with Gasteiger partial charge in [0.25, 0.3) is 0 Å². The molecule has 0 heterocycles. The fourth-order valence-electron chi connectivity index (χ4n) is 1.85. The molecule has 1 N–H and O–H groups in total. The molecule has 0 atom stereocenters. The Balaban J connectivity index is 2.17. The van der Waals surface area contributed by atoms with E-state index >= 15 is 0 Å². The minimum Gasteiger partial charge on any atom is -0.478 e. The van der Waals surface area contributed by atoms with Crippen molar-refractivity contribution in [3.8, 4) is 0 Å². The van der Waals surface area contributed by atoms with Crippen LogP contribution in [0, 0.1) is 19.7 Å². The van der Waals surface area contributed by atoms with E-state index in [2.05, 4.69) is 18.2 Å². The number of carbonyl (C=O) groups is 1. The normalized spacial score (nSPS) is 10.6. The summed E-state index contributed by atoms with van der Waals surface area (Å²) in [6.45, 7) is 4.07. The number of hydrogen-bond donors (Lipinski definition) is 1. The fourth-order valence-corrected chi connectivity index (χ4v) is 2.92. The molecule has 0 amide bonds. The maximum atomic E-state index is 13.3. The first-order chi connectivity index (χ1) is 9.47. The van der Waals surface area contributed by atoms with Crippen LogP contribution in [0.25, 0.3) is 0 Å². The highest BCUT2D eigenvalue weighted by atomic mass is 32.2. The van der Waals surface area contributed by atoms with Crippen LogP contribution in [-0.2, 0) is 5.75 Å². The predicted molar refractivity (Wildman–Crippen MR) is 78.8 cm³/mol. The predicted octanol–water partition coefficient (Wildman–Crippen LogP) is 4.43. The third-order valence-electron chi connectivity index (χ3n) is 3.00. The number of benzene rings is 2. The van der Waals surface area contributed by atoms with E-state index in [1.165, 1.54) is 23.3 Å². The van der Waals surface area contributed by atoms with Crippen LogP contribution in [0.3, 0.4) is 0 Å². The van der Waals surface area contributed by atoms with Crippen LogP contribution in [0.5, 0.6) is 0 Å². The van der Waals surface area contributed by atoms with E-state index in [4.69, 9.17) is 5.11 Å². The van der Waals surface area contributed by atoms with Crippen molar-refractivity contribution < 1.29 is 14.3 Å².